The second-order valence-corrected chi connectivity index (χ2v) is 10.9. The fourth-order valence-electron chi connectivity index (χ4n) is 3.68. The van der Waals surface area contributed by atoms with Crippen LogP contribution in [0.2, 0.25) is 0 Å². The van der Waals surface area contributed by atoms with Crippen LogP contribution in [0.4, 0.5) is 5.13 Å². The number of carbonyl (C=O) groups is 1. The highest BCUT2D eigenvalue weighted by molar-refractivity contribution is 7.90. The Hall–Kier alpha value is -2.73. The van der Waals surface area contributed by atoms with Crippen LogP contribution in [0.5, 0.6) is 11.5 Å². The predicted octanol–water partition coefficient (Wildman–Crippen LogP) is 2.70. The molecule has 3 aromatic rings. The van der Waals surface area contributed by atoms with Crippen molar-refractivity contribution in [1.82, 2.24) is 9.88 Å². The molecule has 1 aliphatic heterocycles. The van der Waals surface area contributed by atoms with E-state index in [9.17, 15) is 13.2 Å². The monoisotopic (exact) mass is 505 g/mol. The number of morpholine rings is 1. The largest absolute Gasteiger partial charge is 0.497 e. The number of methoxy groups -OCH3 is 2. The van der Waals surface area contributed by atoms with Crippen molar-refractivity contribution in [2.75, 3.05) is 64.8 Å². The number of sulfone groups is 1. The van der Waals surface area contributed by atoms with Gasteiger partial charge < -0.3 is 14.2 Å². The number of aromatic nitrogens is 1. The molecule has 2 heterocycles. The number of hydrogen-bond donors (Lipinski definition) is 0. The van der Waals surface area contributed by atoms with E-state index >= 15 is 0 Å². The maximum absolute atomic E-state index is 13.7. The fourth-order valence-corrected chi connectivity index (χ4v) is 5.43. The van der Waals surface area contributed by atoms with Crippen LogP contribution in [0.25, 0.3) is 10.2 Å². The summed E-state index contributed by atoms with van der Waals surface area (Å²) in [5.41, 5.74) is 1.05. The first-order valence-corrected chi connectivity index (χ1v) is 13.4. The Morgan fingerprint density at radius 2 is 1.79 bits per heavy atom. The second kappa shape index (κ2) is 10.3. The van der Waals surface area contributed by atoms with E-state index in [1.807, 2.05) is 0 Å². The molecule has 9 nitrogen and oxygen atoms in total. The highest BCUT2D eigenvalue weighted by Gasteiger charge is 2.24. The van der Waals surface area contributed by atoms with Crippen LogP contribution < -0.4 is 14.4 Å². The van der Waals surface area contributed by atoms with Crippen LogP contribution in [-0.4, -0.2) is 84.1 Å². The molecule has 182 valence electrons. The first-order valence-electron chi connectivity index (χ1n) is 10.7. The fraction of sp³-hybridized carbons (Fsp3) is 0.391. The average molecular weight is 506 g/mol. The van der Waals surface area contributed by atoms with Gasteiger partial charge in [-0.25, -0.2) is 13.4 Å². The summed E-state index contributed by atoms with van der Waals surface area (Å²) in [6.07, 6.45) is 1.17. The maximum Gasteiger partial charge on any atom is 0.260 e. The van der Waals surface area contributed by atoms with E-state index in [4.69, 9.17) is 14.2 Å². The van der Waals surface area contributed by atoms with Gasteiger partial charge in [-0.05, 0) is 30.3 Å². The van der Waals surface area contributed by atoms with E-state index in [1.165, 1.54) is 37.9 Å². The lowest BCUT2D eigenvalue weighted by atomic mass is 10.1. The molecule has 4 rings (SSSR count). The third kappa shape index (κ3) is 5.49. The van der Waals surface area contributed by atoms with Crippen molar-refractivity contribution in [2.24, 2.45) is 0 Å². The minimum atomic E-state index is -3.35. The molecule has 1 saturated heterocycles. The highest BCUT2D eigenvalue weighted by Crippen LogP contribution is 2.32. The lowest BCUT2D eigenvalue weighted by molar-refractivity contribution is 0.0391. The molecule has 34 heavy (non-hydrogen) atoms. The van der Waals surface area contributed by atoms with Gasteiger partial charge in [0.05, 0.1) is 42.5 Å². The number of amides is 1. The quantitative estimate of drug-likeness (QED) is 0.461. The molecule has 2 aromatic carbocycles. The standard InChI is InChI=1S/C23H27N3O6S2/c1-30-17-12-16(13-18(14-17)31-2)22(27)26(7-6-25-8-10-32-11-9-25)23-24-20-5-4-19(34(3,28)29)15-21(20)33-23/h4-5,12-15H,6-11H2,1-3H3. The molecule has 0 unspecified atom stereocenters. The number of ether oxygens (including phenoxy) is 3. The van der Waals surface area contributed by atoms with Gasteiger partial charge in [-0.2, -0.15) is 0 Å². The minimum Gasteiger partial charge on any atom is -0.497 e. The topological polar surface area (TPSA) is 98.3 Å². The van der Waals surface area contributed by atoms with Crippen molar-refractivity contribution < 1.29 is 27.4 Å². The van der Waals surface area contributed by atoms with Crippen molar-refractivity contribution >= 4 is 42.4 Å². The van der Waals surface area contributed by atoms with Crippen LogP contribution in [0.15, 0.2) is 41.3 Å². The number of fused-ring (bicyclic) bond motifs is 1. The summed E-state index contributed by atoms with van der Waals surface area (Å²) in [5, 5.41) is 0.501. The van der Waals surface area contributed by atoms with E-state index < -0.39 is 9.84 Å². The van der Waals surface area contributed by atoms with Gasteiger partial charge in [-0.1, -0.05) is 11.3 Å². The normalized spacial score (nSPS) is 14.8. The molecule has 11 heteroatoms. The summed E-state index contributed by atoms with van der Waals surface area (Å²) in [7, 11) is -0.285. The number of hydrogen-bond acceptors (Lipinski definition) is 9. The van der Waals surface area contributed by atoms with Crippen LogP contribution >= 0.6 is 11.3 Å². The Balaban J connectivity index is 1.71. The highest BCUT2D eigenvalue weighted by atomic mass is 32.2. The van der Waals surface area contributed by atoms with Crippen LogP contribution in [0, 0.1) is 0 Å². The van der Waals surface area contributed by atoms with Gasteiger partial charge in [-0.15, -0.1) is 0 Å². The summed E-state index contributed by atoms with van der Waals surface area (Å²) >= 11 is 1.29. The van der Waals surface area contributed by atoms with Crippen molar-refractivity contribution in [3.63, 3.8) is 0 Å². The van der Waals surface area contributed by atoms with Gasteiger partial charge in [0, 0.05) is 44.1 Å². The van der Waals surface area contributed by atoms with E-state index in [0.29, 0.717) is 58.7 Å². The molecule has 0 saturated carbocycles. The van der Waals surface area contributed by atoms with Gasteiger partial charge in [0.1, 0.15) is 11.5 Å². The van der Waals surface area contributed by atoms with E-state index in [-0.39, 0.29) is 10.8 Å². The molecular weight excluding hydrogens is 478 g/mol. The van der Waals surface area contributed by atoms with Gasteiger partial charge in [0.2, 0.25) is 0 Å². The van der Waals surface area contributed by atoms with Gasteiger partial charge >= 0.3 is 0 Å². The number of thiazole rings is 1. The zero-order valence-corrected chi connectivity index (χ0v) is 20.9. The molecule has 0 atom stereocenters. The predicted molar refractivity (Wildman–Crippen MR) is 131 cm³/mol. The Bertz CT molecular complexity index is 1260. The first-order chi connectivity index (χ1) is 16.3. The SMILES string of the molecule is COc1cc(OC)cc(C(=O)N(CCN2CCOCC2)c2nc3ccc(S(C)(=O)=O)cc3s2)c1. The summed E-state index contributed by atoms with van der Waals surface area (Å²) in [6, 6.07) is 9.85. The number of benzene rings is 2. The lowest BCUT2D eigenvalue weighted by Crippen LogP contribution is -2.43. The van der Waals surface area contributed by atoms with Gasteiger partial charge in [0.15, 0.2) is 15.0 Å². The molecule has 0 aliphatic carbocycles. The average Bonchev–Trinajstić information content (AvgIpc) is 3.26. The number of nitrogens with zero attached hydrogens (tertiary/aromatic N) is 3. The molecule has 1 aromatic heterocycles. The van der Waals surface area contributed by atoms with E-state index in [0.717, 1.165) is 13.1 Å². The zero-order chi connectivity index (χ0) is 24.3. The van der Waals surface area contributed by atoms with Crippen molar-refractivity contribution in [3.05, 3.63) is 42.0 Å². The van der Waals surface area contributed by atoms with Gasteiger partial charge in [-0.3, -0.25) is 14.6 Å². The number of rotatable bonds is 8. The maximum atomic E-state index is 13.7. The van der Waals surface area contributed by atoms with E-state index in [2.05, 4.69) is 9.88 Å². The molecule has 0 bridgehead atoms. The number of anilines is 1. The molecule has 0 N–H and O–H groups in total. The third-order valence-electron chi connectivity index (χ3n) is 5.59. The Labute approximate surface area is 202 Å². The van der Waals surface area contributed by atoms with Crippen molar-refractivity contribution in [1.29, 1.82) is 0 Å². The molecule has 0 spiro atoms. The Morgan fingerprint density at radius 1 is 1.12 bits per heavy atom. The lowest BCUT2D eigenvalue weighted by Gasteiger charge is -2.29. The Kier molecular flexibility index (Phi) is 7.36. The minimum absolute atomic E-state index is 0.221. The first kappa shape index (κ1) is 24.4. The van der Waals surface area contributed by atoms with Crippen LogP contribution in [-0.2, 0) is 14.6 Å². The van der Waals surface area contributed by atoms with Crippen LogP contribution in [0.1, 0.15) is 10.4 Å². The molecule has 1 aliphatic rings. The molecule has 1 fully saturated rings. The third-order valence-corrected chi connectivity index (χ3v) is 7.75. The van der Waals surface area contributed by atoms with E-state index in [1.54, 1.807) is 35.2 Å². The Morgan fingerprint density at radius 3 is 2.41 bits per heavy atom. The second-order valence-electron chi connectivity index (χ2n) is 7.91. The van der Waals surface area contributed by atoms with Crippen LogP contribution in [0.3, 0.4) is 0 Å². The van der Waals surface area contributed by atoms with Crippen molar-refractivity contribution in [3.8, 4) is 11.5 Å². The summed E-state index contributed by atoms with van der Waals surface area (Å²) < 4.78 is 40.8. The summed E-state index contributed by atoms with van der Waals surface area (Å²) in [4.78, 5) is 22.5. The summed E-state index contributed by atoms with van der Waals surface area (Å²) in [5.74, 6) is 0.781. The number of carbonyl (C=O) groups excluding carboxylic acids is 1. The zero-order valence-electron chi connectivity index (χ0n) is 19.3. The molecule has 1 amide bonds. The molecule has 0 radical (unpaired) electrons. The smallest absolute Gasteiger partial charge is 0.260 e. The van der Waals surface area contributed by atoms with Gasteiger partial charge in [0.25, 0.3) is 5.91 Å². The van der Waals surface area contributed by atoms with Crippen molar-refractivity contribution in [2.45, 2.75) is 4.90 Å². The molecular formula is C23H27N3O6S2. The summed E-state index contributed by atoms with van der Waals surface area (Å²) in [6.45, 7) is 3.99.